The van der Waals surface area contributed by atoms with Crippen LogP contribution in [0.25, 0.3) is 11.1 Å². The van der Waals surface area contributed by atoms with E-state index in [-0.39, 0.29) is 5.91 Å². The molecule has 6 nitrogen and oxygen atoms in total. The van der Waals surface area contributed by atoms with Gasteiger partial charge in [-0.05, 0) is 43.2 Å². The van der Waals surface area contributed by atoms with E-state index in [2.05, 4.69) is 5.32 Å². The number of carbonyl (C=O) groups excluding carboxylic acids is 1. The van der Waals surface area contributed by atoms with E-state index < -0.39 is 5.76 Å². The van der Waals surface area contributed by atoms with E-state index in [0.717, 1.165) is 16.8 Å². The molecular weight excluding hydrogens is 332 g/mol. The highest BCUT2D eigenvalue weighted by Gasteiger charge is 2.09. The molecule has 3 rings (SSSR count). The number of carbonyl (C=O) groups is 1. The number of nitrogens with one attached hydrogen (secondary N) is 1. The van der Waals surface area contributed by atoms with Crippen molar-refractivity contribution in [2.75, 3.05) is 13.2 Å². The van der Waals surface area contributed by atoms with E-state index in [1.165, 1.54) is 0 Å². The van der Waals surface area contributed by atoms with E-state index in [0.29, 0.717) is 38.1 Å². The maximum absolute atomic E-state index is 11.9. The molecule has 1 N–H and O–H groups in total. The molecule has 1 heterocycles. The lowest BCUT2D eigenvalue weighted by molar-refractivity contribution is -0.121. The molecule has 1 aromatic heterocycles. The smallest absolute Gasteiger partial charge is 0.419 e. The van der Waals surface area contributed by atoms with Crippen LogP contribution < -0.4 is 15.8 Å². The molecule has 26 heavy (non-hydrogen) atoms. The van der Waals surface area contributed by atoms with Crippen LogP contribution in [0.4, 0.5) is 0 Å². The third kappa shape index (κ3) is 4.53. The SMILES string of the molecule is Cc1cccc(OCCNC(=O)CCCn2c(=O)oc3ccccc32)c1. The monoisotopic (exact) mass is 354 g/mol. The van der Waals surface area contributed by atoms with Gasteiger partial charge in [0.15, 0.2) is 5.58 Å². The Morgan fingerprint density at radius 2 is 2.04 bits per heavy atom. The molecule has 0 saturated carbocycles. The number of ether oxygens (including phenoxy) is 1. The third-order valence-electron chi connectivity index (χ3n) is 4.04. The number of nitrogens with zero attached hydrogens (tertiary/aromatic N) is 1. The van der Waals surface area contributed by atoms with Crippen LogP contribution in [-0.4, -0.2) is 23.6 Å². The molecular formula is C20H22N2O4. The van der Waals surface area contributed by atoms with Gasteiger partial charge in [-0.15, -0.1) is 0 Å². The van der Waals surface area contributed by atoms with Crippen molar-refractivity contribution in [3.63, 3.8) is 0 Å². The highest BCUT2D eigenvalue weighted by atomic mass is 16.5. The zero-order valence-corrected chi connectivity index (χ0v) is 14.7. The van der Waals surface area contributed by atoms with Gasteiger partial charge in [0, 0.05) is 13.0 Å². The predicted molar refractivity (Wildman–Crippen MR) is 99.4 cm³/mol. The van der Waals surface area contributed by atoms with Crippen LogP contribution in [-0.2, 0) is 11.3 Å². The fourth-order valence-corrected chi connectivity index (χ4v) is 2.78. The molecule has 3 aromatic rings. The molecule has 0 atom stereocenters. The minimum Gasteiger partial charge on any atom is -0.492 e. The summed E-state index contributed by atoms with van der Waals surface area (Å²) in [6, 6.07) is 15.1. The zero-order valence-electron chi connectivity index (χ0n) is 14.7. The summed E-state index contributed by atoms with van der Waals surface area (Å²) in [6.45, 7) is 3.31. The first-order valence-corrected chi connectivity index (χ1v) is 8.68. The molecule has 0 aliphatic heterocycles. The molecule has 0 radical (unpaired) electrons. The van der Waals surface area contributed by atoms with Gasteiger partial charge in [0.25, 0.3) is 0 Å². The number of benzene rings is 2. The van der Waals surface area contributed by atoms with Gasteiger partial charge < -0.3 is 14.5 Å². The number of hydrogen-bond acceptors (Lipinski definition) is 4. The average Bonchev–Trinajstić information content (AvgIpc) is 2.94. The van der Waals surface area contributed by atoms with Crippen molar-refractivity contribution in [1.82, 2.24) is 9.88 Å². The van der Waals surface area contributed by atoms with E-state index in [1.54, 1.807) is 10.6 Å². The van der Waals surface area contributed by atoms with Crippen molar-refractivity contribution in [2.45, 2.75) is 26.3 Å². The average molecular weight is 354 g/mol. The second kappa shape index (κ2) is 8.38. The second-order valence-corrected chi connectivity index (χ2v) is 6.11. The van der Waals surface area contributed by atoms with E-state index in [9.17, 15) is 9.59 Å². The lowest BCUT2D eigenvalue weighted by Gasteiger charge is -2.08. The molecule has 136 valence electrons. The molecule has 2 aromatic carbocycles. The van der Waals surface area contributed by atoms with E-state index in [4.69, 9.17) is 9.15 Å². The van der Waals surface area contributed by atoms with Crippen LogP contribution in [0.2, 0.25) is 0 Å². The van der Waals surface area contributed by atoms with Crippen molar-refractivity contribution in [1.29, 1.82) is 0 Å². The summed E-state index contributed by atoms with van der Waals surface area (Å²) in [5.74, 6) is 0.349. The van der Waals surface area contributed by atoms with Crippen LogP contribution >= 0.6 is 0 Å². The molecule has 0 spiro atoms. The first-order chi connectivity index (χ1) is 12.6. The minimum absolute atomic E-state index is 0.0568. The highest BCUT2D eigenvalue weighted by Crippen LogP contribution is 2.13. The molecule has 0 saturated heterocycles. The summed E-state index contributed by atoms with van der Waals surface area (Å²) in [4.78, 5) is 23.8. The first-order valence-electron chi connectivity index (χ1n) is 8.68. The van der Waals surface area contributed by atoms with Crippen LogP contribution in [0.1, 0.15) is 18.4 Å². The Labute approximate surface area is 151 Å². The van der Waals surface area contributed by atoms with Crippen LogP contribution in [0.3, 0.4) is 0 Å². The standard InChI is InChI=1S/C20H22N2O4/c1-15-6-4-7-16(14-15)25-13-11-21-19(23)10-5-12-22-17-8-2-3-9-18(17)26-20(22)24/h2-4,6-9,14H,5,10-13H2,1H3,(H,21,23). The van der Waals surface area contributed by atoms with Crippen molar-refractivity contribution in [3.8, 4) is 5.75 Å². The van der Waals surface area contributed by atoms with Gasteiger partial charge in [0.05, 0.1) is 12.1 Å². The molecule has 0 fully saturated rings. The summed E-state index contributed by atoms with van der Waals surface area (Å²) < 4.78 is 12.3. The Kier molecular flexibility index (Phi) is 5.73. The largest absolute Gasteiger partial charge is 0.492 e. The quantitative estimate of drug-likeness (QED) is 0.631. The second-order valence-electron chi connectivity index (χ2n) is 6.11. The van der Waals surface area contributed by atoms with Crippen LogP contribution in [0.15, 0.2) is 57.7 Å². The highest BCUT2D eigenvalue weighted by molar-refractivity contribution is 5.76. The lowest BCUT2D eigenvalue weighted by Crippen LogP contribution is -2.28. The number of oxazole rings is 1. The van der Waals surface area contributed by atoms with Gasteiger partial charge in [-0.2, -0.15) is 0 Å². The normalized spacial score (nSPS) is 10.8. The van der Waals surface area contributed by atoms with Gasteiger partial charge >= 0.3 is 5.76 Å². The number of fused-ring (bicyclic) bond motifs is 1. The molecule has 0 bridgehead atoms. The maximum atomic E-state index is 11.9. The van der Waals surface area contributed by atoms with Crippen LogP contribution in [0.5, 0.6) is 5.75 Å². The van der Waals surface area contributed by atoms with Gasteiger partial charge in [0.2, 0.25) is 5.91 Å². The van der Waals surface area contributed by atoms with Crippen molar-refractivity contribution in [2.24, 2.45) is 0 Å². The Bertz CT molecular complexity index is 942. The summed E-state index contributed by atoms with van der Waals surface area (Å²) in [7, 11) is 0. The Morgan fingerprint density at radius 3 is 2.88 bits per heavy atom. The maximum Gasteiger partial charge on any atom is 0.419 e. The summed E-state index contributed by atoms with van der Waals surface area (Å²) in [6.07, 6.45) is 0.907. The van der Waals surface area contributed by atoms with Crippen LogP contribution in [0, 0.1) is 6.92 Å². The number of para-hydroxylation sites is 2. The summed E-state index contributed by atoms with van der Waals surface area (Å²) in [5, 5.41) is 2.82. The van der Waals surface area contributed by atoms with Crippen molar-refractivity contribution in [3.05, 3.63) is 64.6 Å². The van der Waals surface area contributed by atoms with E-state index >= 15 is 0 Å². The van der Waals surface area contributed by atoms with Gasteiger partial charge in [0.1, 0.15) is 12.4 Å². The summed E-state index contributed by atoms with van der Waals surface area (Å²) >= 11 is 0. The number of rotatable bonds is 8. The molecule has 6 heteroatoms. The topological polar surface area (TPSA) is 73.5 Å². The Hall–Kier alpha value is -3.02. The number of amides is 1. The number of aryl methyl sites for hydroxylation is 2. The van der Waals surface area contributed by atoms with Gasteiger partial charge in [-0.1, -0.05) is 24.3 Å². The molecule has 0 aliphatic rings. The number of aromatic nitrogens is 1. The van der Waals surface area contributed by atoms with Gasteiger partial charge in [-0.25, -0.2) is 4.79 Å². The molecule has 1 amide bonds. The minimum atomic E-state index is -0.391. The fraction of sp³-hybridized carbons (Fsp3) is 0.300. The lowest BCUT2D eigenvalue weighted by atomic mass is 10.2. The predicted octanol–water partition coefficient (Wildman–Crippen LogP) is 2.88. The zero-order chi connectivity index (χ0) is 18.4. The summed E-state index contributed by atoms with van der Waals surface area (Å²) in [5.41, 5.74) is 2.45. The molecule has 0 unspecified atom stereocenters. The van der Waals surface area contributed by atoms with Crippen molar-refractivity contribution >= 4 is 17.0 Å². The van der Waals surface area contributed by atoms with Crippen molar-refractivity contribution < 1.29 is 13.9 Å². The Balaban J connectivity index is 1.39. The van der Waals surface area contributed by atoms with Gasteiger partial charge in [-0.3, -0.25) is 9.36 Å². The Morgan fingerprint density at radius 1 is 1.19 bits per heavy atom. The van der Waals surface area contributed by atoms with E-state index in [1.807, 2.05) is 49.4 Å². The fourth-order valence-electron chi connectivity index (χ4n) is 2.78. The third-order valence-corrected chi connectivity index (χ3v) is 4.04. The molecule has 0 aliphatic carbocycles. The number of hydrogen-bond donors (Lipinski definition) is 1. The first kappa shape index (κ1) is 17.8.